The molecule has 0 radical (unpaired) electrons. The highest BCUT2D eigenvalue weighted by atomic mass is 31.2. The fraction of sp³-hybridized carbons (Fsp3) is 0.560. The van der Waals surface area contributed by atoms with Gasteiger partial charge in [0.05, 0.1) is 33.9 Å². The minimum absolute atomic E-state index is 0.00511. The van der Waals surface area contributed by atoms with Gasteiger partial charge in [0, 0.05) is 12.8 Å². The standard InChI is InChI=1S/C50H80NO9P/c1-6-8-10-11-12-13-14-15-16-17-18-19-20-21-26-29-32-35-38-42-50(54)60-48(46-59-61(55,56)58-44-43-51(3,4)5)45-57-49(53)41-37-34-31-28-25-23-22-24-27-30-33-36-40-47(52)39-9-7-2/h9,12-13,15-16,18-19,21-23,26-28,30-33,35-36,39,47-48,52H,6-8,10-11,14,17,20,24-25,29,34,37-38,40-46H2,1-5H3/p+1/b13-12-,16-15-,19-18-,23-22-,26-21-,30-27-,31-28-,35-32-,36-33+,39-9-/t47?,48-/m1/s1. The first-order valence-corrected chi connectivity index (χ1v) is 23.9. The molecule has 0 bridgehead atoms. The Morgan fingerprint density at radius 2 is 1.13 bits per heavy atom. The first-order valence-electron chi connectivity index (χ1n) is 22.4. The molecule has 10 nitrogen and oxygen atoms in total. The van der Waals surface area contributed by atoms with Crippen LogP contribution in [0.3, 0.4) is 0 Å². The quantitative estimate of drug-likeness (QED) is 0.0156. The zero-order chi connectivity index (χ0) is 45.1. The second kappa shape index (κ2) is 40.4. The summed E-state index contributed by atoms with van der Waals surface area (Å²) >= 11 is 0. The summed E-state index contributed by atoms with van der Waals surface area (Å²) in [5, 5.41) is 9.77. The number of quaternary nitrogens is 1. The molecule has 0 heterocycles. The van der Waals surface area contributed by atoms with E-state index in [0.29, 0.717) is 36.7 Å². The number of rotatable bonds is 38. The fourth-order valence-electron chi connectivity index (χ4n) is 5.05. The molecule has 11 heteroatoms. The maximum atomic E-state index is 12.7. The van der Waals surface area contributed by atoms with Gasteiger partial charge in [-0.3, -0.25) is 18.6 Å². The summed E-state index contributed by atoms with van der Waals surface area (Å²) in [7, 11) is 1.35. The van der Waals surface area contributed by atoms with E-state index in [1.807, 2.05) is 88.8 Å². The number of phosphoric acid groups is 1. The molecule has 0 saturated heterocycles. The van der Waals surface area contributed by atoms with E-state index in [1.54, 1.807) is 0 Å². The number of aliphatic hydroxyl groups excluding tert-OH is 1. The zero-order valence-electron chi connectivity index (χ0n) is 38.2. The largest absolute Gasteiger partial charge is 0.472 e. The molecular formula is C50H81NO9P+. The number of nitrogens with zero attached hydrogens (tertiary/aromatic N) is 1. The molecule has 0 aromatic heterocycles. The smallest absolute Gasteiger partial charge is 0.462 e. The summed E-state index contributed by atoms with van der Waals surface area (Å²) < 4.78 is 34.1. The van der Waals surface area contributed by atoms with Gasteiger partial charge in [0.25, 0.3) is 0 Å². The van der Waals surface area contributed by atoms with E-state index in [4.69, 9.17) is 18.5 Å². The lowest BCUT2D eigenvalue weighted by molar-refractivity contribution is -0.870. The van der Waals surface area contributed by atoms with E-state index in [9.17, 15) is 24.2 Å². The Morgan fingerprint density at radius 1 is 0.607 bits per heavy atom. The van der Waals surface area contributed by atoms with Crippen molar-refractivity contribution in [3.63, 3.8) is 0 Å². The number of hydrogen-bond donors (Lipinski definition) is 2. The Kier molecular flexibility index (Phi) is 38.0. The molecule has 61 heavy (non-hydrogen) atoms. The number of likely N-dealkylation sites (N-methyl/N-ethyl adjacent to an activating group) is 1. The summed E-state index contributed by atoms with van der Waals surface area (Å²) in [6, 6.07) is 0. The minimum atomic E-state index is -4.43. The van der Waals surface area contributed by atoms with E-state index < -0.39 is 38.6 Å². The van der Waals surface area contributed by atoms with Crippen molar-refractivity contribution in [2.75, 3.05) is 47.5 Å². The van der Waals surface area contributed by atoms with Crippen molar-refractivity contribution in [2.24, 2.45) is 0 Å². The van der Waals surface area contributed by atoms with Gasteiger partial charge in [0.15, 0.2) is 6.10 Å². The molecule has 0 aromatic rings. The van der Waals surface area contributed by atoms with Crippen LogP contribution in [0.4, 0.5) is 0 Å². The Balaban J connectivity index is 4.63. The SMILES string of the molecule is CC/C=C\C(O)C/C=C/C=C\C/C=C\C/C=C\CCCC(=O)OC[C@H](COP(=O)(O)OCC[N+](C)(C)C)OC(=O)CC/C=C\C/C=C\C/C=C\C/C=C\C/C=C\CCCCC. The third kappa shape index (κ3) is 44.2. The van der Waals surface area contributed by atoms with E-state index in [1.165, 1.54) is 25.7 Å². The molecule has 0 aliphatic rings. The molecule has 0 fully saturated rings. The molecule has 0 aliphatic heterocycles. The van der Waals surface area contributed by atoms with Crippen molar-refractivity contribution in [3.8, 4) is 0 Å². The molecule has 0 aromatic carbocycles. The minimum Gasteiger partial charge on any atom is -0.462 e. The predicted octanol–water partition coefficient (Wildman–Crippen LogP) is 11.9. The second-order valence-corrected chi connectivity index (χ2v) is 17.0. The summed E-state index contributed by atoms with van der Waals surface area (Å²) in [5.41, 5.74) is 0. The van der Waals surface area contributed by atoms with Gasteiger partial charge in [-0.25, -0.2) is 4.57 Å². The van der Waals surface area contributed by atoms with Crippen LogP contribution in [0.1, 0.15) is 123 Å². The van der Waals surface area contributed by atoms with Crippen LogP contribution in [0, 0.1) is 0 Å². The van der Waals surface area contributed by atoms with E-state index >= 15 is 0 Å². The van der Waals surface area contributed by atoms with Crippen molar-refractivity contribution in [3.05, 3.63) is 122 Å². The van der Waals surface area contributed by atoms with Crippen LogP contribution in [0.2, 0.25) is 0 Å². The van der Waals surface area contributed by atoms with Gasteiger partial charge in [-0.05, 0) is 83.5 Å². The molecule has 0 aliphatic carbocycles. The molecule has 0 rings (SSSR count). The number of hydrogen-bond acceptors (Lipinski definition) is 8. The average Bonchev–Trinajstić information content (AvgIpc) is 3.21. The Labute approximate surface area is 370 Å². The lowest BCUT2D eigenvalue weighted by Gasteiger charge is -2.24. The first kappa shape index (κ1) is 57.4. The number of unbranched alkanes of at least 4 members (excludes halogenated alkanes) is 4. The monoisotopic (exact) mass is 871 g/mol. The molecule has 0 spiro atoms. The number of carbonyl (C=O) groups is 2. The predicted molar refractivity (Wildman–Crippen MR) is 253 cm³/mol. The van der Waals surface area contributed by atoms with Gasteiger partial charge in [-0.1, -0.05) is 148 Å². The second-order valence-electron chi connectivity index (χ2n) is 15.5. The van der Waals surface area contributed by atoms with E-state index in [0.717, 1.165) is 44.9 Å². The van der Waals surface area contributed by atoms with Crippen molar-refractivity contribution in [1.29, 1.82) is 0 Å². The summed E-state index contributed by atoms with van der Waals surface area (Å²) in [4.78, 5) is 35.3. The lowest BCUT2D eigenvalue weighted by Crippen LogP contribution is -2.37. The Hall–Kier alpha value is -3.63. The van der Waals surface area contributed by atoms with Crippen LogP contribution in [0.5, 0.6) is 0 Å². The lowest BCUT2D eigenvalue weighted by atomic mass is 10.2. The Morgan fingerprint density at radius 3 is 1.69 bits per heavy atom. The van der Waals surface area contributed by atoms with E-state index in [2.05, 4.69) is 67.7 Å². The van der Waals surface area contributed by atoms with Crippen molar-refractivity contribution in [2.45, 2.75) is 135 Å². The number of ether oxygens (including phenoxy) is 2. The number of aliphatic hydroxyl groups is 1. The van der Waals surface area contributed by atoms with Crippen molar-refractivity contribution >= 4 is 19.8 Å². The van der Waals surface area contributed by atoms with Crippen LogP contribution < -0.4 is 0 Å². The zero-order valence-corrected chi connectivity index (χ0v) is 39.1. The number of allylic oxidation sites excluding steroid dienone is 18. The fourth-order valence-corrected chi connectivity index (χ4v) is 5.79. The molecule has 344 valence electrons. The third-order valence-corrected chi connectivity index (χ3v) is 9.55. The molecule has 2 N–H and O–H groups in total. The number of esters is 2. The van der Waals surface area contributed by atoms with Crippen LogP contribution in [0.15, 0.2) is 122 Å². The maximum Gasteiger partial charge on any atom is 0.472 e. The average molecular weight is 871 g/mol. The highest BCUT2D eigenvalue weighted by molar-refractivity contribution is 7.47. The number of carbonyl (C=O) groups excluding carboxylic acids is 2. The van der Waals surface area contributed by atoms with Gasteiger partial charge < -0.3 is 24.0 Å². The summed E-state index contributed by atoms with van der Waals surface area (Å²) in [6.45, 7) is 3.95. The van der Waals surface area contributed by atoms with Gasteiger partial charge in [-0.2, -0.15) is 0 Å². The van der Waals surface area contributed by atoms with Crippen molar-refractivity contribution < 1.29 is 47.2 Å². The van der Waals surface area contributed by atoms with Crippen LogP contribution >= 0.6 is 7.82 Å². The van der Waals surface area contributed by atoms with Gasteiger partial charge in [0.1, 0.15) is 19.8 Å². The van der Waals surface area contributed by atoms with Gasteiger partial charge in [-0.15, -0.1) is 0 Å². The van der Waals surface area contributed by atoms with E-state index in [-0.39, 0.29) is 26.1 Å². The summed E-state index contributed by atoms with van der Waals surface area (Å²) in [6.07, 6.45) is 53.3. The molecule has 2 unspecified atom stereocenters. The molecule has 3 atom stereocenters. The topological polar surface area (TPSA) is 129 Å². The molecular weight excluding hydrogens is 790 g/mol. The van der Waals surface area contributed by atoms with Crippen LogP contribution in [0.25, 0.3) is 0 Å². The highest BCUT2D eigenvalue weighted by Crippen LogP contribution is 2.43. The third-order valence-electron chi connectivity index (χ3n) is 8.56. The maximum absolute atomic E-state index is 12.7. The van der Waals surface area contributed by atoms with Gasteiger partial charge >= 0.3 is 19.8 Å². The summed E-state index contributed by atoms with van der Waals surface area (Å²) in [5.74, 6) is -1.00. The van der Waals surface area contributed by atoms with Crippen LogP contribution in [-0.4, -0.2) is 86.1 Å². The highest BCUT2D eigenvalue weighted by Gasteiger charge is 2.27. The van der Waals surface area contributed by atoms with Gasteiger partial charge in [0.2, 0.25) is 0 Å². The van der Waals surface area contributed by atoms with Crippen LogP contribution in [-0.2, 0) is 32.7 Å². The Bertz CT molecular complexity index is 1460. The first-order chi connectivity index (χ1) is 29.4. The normalized spacial score (nSPS) is 15.2. The van der Waals surface area contributed by atoms with Crippen molar-refractivity contribution in [1.82, 2.24) is 0 Å². The number of phosphoric ester groups is 1. The molecule has 0 amide bonds. The molecule has 0 saturated carbocycles.